The van der Waals surface area contributed by atoms with Crippen LogP contribution in [0.2, 0.25) is 0 Å². The number of hydrogen-bond donors (Lipinski definition) is 4. The molecule has 0 aromatic heterocycles. The first-order valence-electron chi connectivity index (χ1n) is 8.58. The normalized spacial score (nSPS) is 11.6. The molecule has 0 aliphatic rings. The van der Waals surface area contributed by atoms with E-state index in [1.807, 2.05) is 20.8 Å². The first-order valence-corrected chi connectivity index (χ1v) is 8.58. The van der Waals surface area contributed by atoms with Crippen LogP contribution in [-0.2, 0) is 4.79 Å². The van der Waals surface area contributed by atoms with Gasteiger partial charge in [-0.3, -0.25) is 9.59 Å². The summed E-state index contributed by atoms with van der Waals surface area (Å²) in [5.74, 6) is -0.0681. The smallest absolute Gasteiger partial charge is 0.224 e. The predicted molar refractivity (Wildman–Crippen MR) is 105 cm³/mol. The van der Waals surface area contributed by atoms with Gasteiger partial charge in [-0.15, -0.1) is 12.4 Å². The average Bonchev–Trinajstić information content (AvgIpc) is 2.58. The van der Waals surface area contributed by atoms with E-state index in [1.165, 1.54) is 0 Å². The molecule has 8 heteroatoms. The highest BCUT2D eigenvalue weighted by Gasteiger charge is 2.15. The highest BCUT2D eigenvalue weighted by Crippen LogP contribution is 2.24. The largest absolute Gasteiger partial charge is 0.490 e. The Kier molecular flexibility index (Phi) is 11.8. The predicted octanol–water partition coefficient (Wildman–Crippen LogP) is 1.73. The third-order valence-corrected chi connectivity index (χ3v) is 3.42. The molecule has 1 atom stereocenters. The molecular weight excluding hydrogens is 358 g/mol. The van der Waals surface area contributed by atoms with Crippen LogP contribution < -0.4 is 21.1 Å². The van der Waals surface area contributed by atoms with Crippen molar-refractivity contribution in [2.75, 3.05) is 25.0 Å². The van der Waals surface area contributed by atoms with Gasteiger partial charge in [0.15, 0.2) is 5.78 Å². The average molecular weight is 388 g/mol. The summed E-state index contributed by atoms with van der Waals surface area (Å²) in [5.41, 5.74) is 6.27. The van der Waals surface area contributed by atoms with Crippen LogP contribution in [0.15, 0.2) is 18.2 Å². The molecule has 1 rings (SSSR count). The number of nitrogens with one attached hydrogen (secondary N) is 2. The van der Waals surface area contributed by atoms with Crippen LogP contribution in [0.25, 0.3) is 0 Å². The second-order valence-corrected chi connectivity index (χ2v) is 6.16. The van der Waals surface area contributed by atoms with Crippen molar-refractivity contribution in [2.24, 2.45) is 5.73 Å². The Morgan fingerprint density at radius 1 is 1.31 bits per heavy atom. The first kappa shape index (κ1) is 24.3. The standard InChI is InChI=1S/C18H29N3O4.ClH/c1-4-5-18(24)21-13-6-7-17(15(8-13)16(23)9-19)25-11-14(22)10-20-12(2)3;/h6-8,12,14,20,22H,4-5,9-11,19H2,1-3H3,(H,21,24);1H. The highest BCUT2D eigenvalue weighted by molar-refractivity contribution is 6.01. The maximum absolute atomic E-state index is 12.1. The Morgan fingerprint density at radius 2 is 2.00 bits per heavy atom. The van der Waals surface area contributed by atoms with Gasteiger partial charge >= 0.3 is 0 Å². The first-order chi connectivity index (χ1) is 11.9. The van der Waals surface area contributed by atoms with Crippen LogP contribution in [0.4, 0.5) is 5.69 Å². The summed E-state index contributed by atoms with van der Waals surface area (Å²) in [6, 6.07) is 5.08. The molecule has 5 N–H and O–H groups in total. The van der Waals surface area contributed by atoms with Gasteiger partial charge in [0.2, 0.25) is 5.91 Å². The Labute approximate surface area is 161 Å². The number of Topliss-reactive ketones (excluding diaryl/α,β-unsaturated/α-hetero) is 1. The molecule has 0 heterocycles. The van der Waals surface area contributed by atoms with Gasteiger partial charge in [-0.1, -0.05) is 20.8 Å². The summed E-state index contributed by atoms with van der Waals surface area (Å²) in [4.78, 5) is 23.8. The number of rotatable bonds is 11. The zero-order valence-electron chi connectivity index (χ0n) is 15.6. The molecule has 0 spiro atoms. The van der Waals surface area contributed by atoms with Gasteiger partial charge in [0.05, 0.1) is 12.1 Å². The number of aliphatic hydroxyl groups excluding tert-OH is 1. The van der Waals surface area contributed by atoms with Crippen molar-refractivity contribution in [3.8, 4) is 5.75 Å². The summed E-state index contributed by atoms with van der Waals surface area (Å²) in [7, 11) is 0. The van der Waals surface area contributed by atoms with E-state index in [-0.39, 0.29) is 43.3 Å². The minimum atomic E-state index is -0.702. The zero-order valence-corrected chi connectivity index (χ0v) is 16.4. The van der Waals surface area contributed by atoms with E-state index in [4.69, 9.17) is 10.5 Å². The molecule has 0 bridgehead atoms. The van der Waals surface area contributed by atoms with E-state index >= 15 is 0 Å². The molecule has 1 aromatic carbocycles. The van der Waals surface area contributed by atoms with Crippen LogP contribution >= 0.6 is 12.4 Å². The zero-order chi connectivity index (χ0) is 18.8. The Morgan fingerprint density at radius 3 is 2.58 bits per heavy atom. The number of benzene rings is 1. The molecular formula is C18H30ClN3O4. The molecule has 1 unspecified atom stereocenters. The van der Waals surface area contributed by atoms with Gasteiger partial charge in [-0.05, 0) is 24.6 Å². The maximum Gasteiger partial charge on any atom is 0.224 e. The third-order valence-electron chi connectivity index (χ3n) is 3.42. The van der Waals surface area contributed by atoms with Gasteiger partial charge in [0.1, 0.15) is 18.5 Å². The number of ether oxygens (including phenoxy) is 1. The number of halogens is 1. The van der Waals surface area contributed by atoms with Crippen molar-refractivity contribution in [1.29, 1.82) is 0 Å². The lowest BCUT2D eigenvalue weighted by atomic mass is 10.1. The number of ketones is 1. The fraction of sp³-hybridized carbons (Fsp3) is 0.556. The SMILES string of the molecule is CCCC(=O)Nc1ccc(OCC(O)CNC(C)C)c(C(=O)CN)c1.Cl. The van der Waals surface area contributed by atoms with Crippen molar-refractivity contribution < 1.29 is 19.4 Å². The van der Waals surface area contributed by atoms with E-state index in [9.17, 15) is 14.7 Å². The third kappa shape index (κ3) is 8.62. The number of nitrogens with two attached hydrogens (primary N) is 1. The number of carbonyl (C=O) groups is 2. The number of anilines is 1. The van der Waals surface area contributed by atoms with Crippen LogP contribution in [-0.4, -0.2) is 48.6 Å². The molecule has 26 heavy (non-hydrogen) atoms. The van der Waals surface area contributed by atoms with Crippen molar-refractivity contribution in [3.05, 3.63) is 23.8 Å². The van der Waals surface area contributed by atoms with Gasteiger partial charge in [0, 0.05) is 24.7 Å². The highest BCUT2D eigenvalue weighted by atomic mass is 35.5. The van der Waals surface area contributed by atoms with E-state index < -0.39 is 6.10 Å². The molecule has 0 saturated heterocycles. The fourth-order valence-corrected chi connectivity index (χ4v) is 2.13. The van der Waals surface area contributed by atoms with Gasteiger partial charge in [0.25, 0.3) is 0 Å². The second kappa shape index (κ2) is 12.6. The Balaban J connectivity index is 0.00000625. The maximum atomic E-state index is 12.1. The molecule has 1 aromatic rings. The van der Waals surface area contributed by atoms with Gasteiger partial charge in [-0.25, -0.2) is 0 Å². The minimum Gasteiger partial charge on any atom is -0.490 e. The topological polar surface area (TPSA) is 114 Å². The monoisotopic (exact) mass is 387 g/mol. The number of amides is 1. The molecule has 7 nitrogen and oxygen atoms in total. The summed E-state index contributed by atoms with van der Waals surface area (Å²) < 4.78 is 5.58. The van der Waals surface area contributed by atoms with Crippen LogP contribution in [0.3, 0.4) is 0 Å². The Bertz CT molecular complexity index is 582. The second-order valence-electron chi connectivity index (χ2n) is 6.16. The lowest BCUT2D eigenvalue weighted by Crippen LogP contribution is -2.35. The summed E-state index contributed by atoms with van der Waals surface area (Å²) in [5, 5.41) is 15.8. The van der Waals surface area contributed by atoms with Crippen LogP contribution in [0.1, 0.15) is 44.0 Å². The molecule has 0 fully saturated rings. The van der Waals surface area contributed by atoms with Gasteiger partial charge in [-0.2, -0.15) is 0 Å². The Hall–Kier alpha value is -1.67. The van der Waals surface area contributed by atoms with Gasteiger partial charge < -0.3 is 26.2 Å². The lowest BCUT2D eigenvalue weighted by molar-refractivity contribution is -0.116. The summed E-state index contributed by atoms with van der Waals surface area (Å²) in [6.45, 7) is 6.16. The molecule has 0 radical (unpaired) electrons. The number of hydrogen-bond acceptors (Lipinski definition) is 6. The van der Waals surface area contributed by atoms with Crippen molar-refractivity contribution in [2.45, 2.75) is 45.8 Å². The van der Waals surface area contributed by atoms with E-state index in [0.717, 1.165) is 6.42 Å². The van der Waals surface area contributed by atoms with Crippen LogP contribution in [0.5, 0.6) is 5.75 Å². The minimum absolute atomic E-state index is 0. The summed E-state index contributed by atoms with van der Waals surface area (Å²) >= 11 is 0. The van der Waals surface area contributed by atoms with Crippen molar-refractivity contribution >= 4 is 29.8 Å². The number of carbonyl (C=O) groups excluding carboxylic acids is 2. The molecule has 0 aliphatic carbocycles. The van der Waals surface area contributed by atoms with Crippen molar-refractivity contribution in [3.63, 3.8) is 0 Å². The van der Waals surface area contributed by atoms with Crippen LogP contribution in [0, 0.1) is 0 Å². The molecule has 0 aliphatic heterocycles. The molecule has 1 amide bonds. The quantitative estimate of drug-likeness (QED) is 0.430. The fourth-order valence-electron chi connectivity index (χ4n) is 2.13. The van der Waals surface area contributed by atoms with E-state index in [2.05, 4.69) is 10.6 Å². The summed E-state index contributed by atoms with van der Waals surface area (Å²) in [6.07, 6.45) is 0.448. The van der Waals surface area contributed by atoms with Crippen molar-refractivity contribution in [1.82, 2.24) is 5.32 Å². The van der Waals surface area contributed by atoms with E-state index in [1.54, 1.807) is 18.2 Å². The van der Waals surface area contributed by atoms with E-state index in [0.29, 0.717) is 30.0 Å². The lowest BCUT2D eigenvalue weighted by Gasteiger charge is -2.17. The molecule has 0 saturated carbocycles. The number of aliphatic hydroxyl groups is 1. The molecule has 148 valence electrons.